The number of carbonyl (C=O) groups excluding carboxylic acids is 2. The molecular formula is C13H24N2O4. The van der Waals surface area contributed by atoms with E-state index in [4.69, 9.17) is 9.47 Å². The maximum Gasteiger partial charge on any atom is 0.407 e. The van der Waals surface area contributed by atoms with Crippen LogP contribution in [0, 0.1) is 0 Å². The van der Waals surface area contributed by atoms with E-state index in [0.29, 0.717) is 45.7 Å². The van der Waals surface area contributed by atoms with Crippen LogP contribution in [0.5, 0.6) is 0 Å². The first-order valence-corrected chi connectivity index (χ1v) is 6.71. The molecule has 0 atom stereocenters. The molecular weight excluding hydrogens is 248 g/mol. The van der Waals surface area contributed by atoms with Crippen LogP contribution in [-0.4, -0.2) is 55.3 Å². The third-order valence-corrected chi connectivity index (χ3v) is 2.59. The third kappa shape index (κ3) is 7.00. The summed E-state index contributed by atoms with van der Waals surface area (Å²) >= 11 is 0. The molecule has 0 spiro atoms. The van der Waals surface area contributed by atoms with Gasteiger partial charge in [0.2, 0.25) is 5.91 Å². The Morgan fingerprint density at radius 3 is 2.84 bits per heavy atom. The van der Waals surface area contributed by atoms with Gasteiger partial charge in [0.25, 0.3) is 0 Å². The summed E-state index contributed by atoms with van der Waals surface area (Å²) in [6.07, 6.45) is 0.739. The van der Waals surface area contributed by atoms with Crippen molar-refractivity contribution in [3.05, 3.63) is 0 Å². The van der Waals surface area contributed by atoms with Crippen molar-refractivity contribution in [2.24, 2.45) is 0 Å². The third-order valence-electron chi connectivity index (χ3n) is 2.59. The molecule has 1 saturated heterocycles. The van der Waals surface area contributed by atoms with Crippen LogP contribution < -0.4 is 5.32 Å². The molecule has 110 valence electrons. The van der Waals surface area contributed by atoms with Gasteiger partial charge in [-0.3, -0.25) is 4.79 Å². The Kier molecular flexibility index (Phi) is 6.08. The van der Waals surface area contributed by atoms with E-state index in [2.05, 4.69) is 5.32 Å². The van der Waals surface area contributed by atoms with Crippen LogP contribution in [0.2, 0.25) is 0 Å². The number of hydrogen-bond acceptors (Lipinski definition) is 4. The highest BCUT2D eigenvalue weighted by Gasteiger charge is 2.17. The molecule has 0 saturated carbocycles. The monoisotopic (exact) mass is 272 g/mol. The minimum Gasteiger partial charge on any atom is -0.444 e. The maximum atomic E-state index is 11.7. The molecule has 0 bridgehead atoms. The Morgan fingerprint density at radius 1 is 1.42 bits per heavy atom. The molecule has 1 N–H and O–H groups in total. The lowest BCUT2D eigenvalue weighted by atomic mass is 10.2. The predicted molar refractivity (Wildman–Crippen MR) is 70.9 cm³/mol. The van der Waals surface area contributed by atoms with E-state index in [-0.39, 0.29) is 5.91 Å². The van der Waals surface area contributed by atoms with Crippen LogP contribution in [0.4, 0.5) is 4.79 Å². The number of rotatable bonds is 4. The zero-order valence-electron chi connectivity index (χ0n) is 12.0. The van der Waals surface area contributed by atoms with E-state index < -0.39 is 11.7 Å². The summed E-state index contributed by atoms with van der Waals surface area (Å²) in [5.74, 6) is 0.120. The topological polar surface area (TPSA) is 67.9 Å². The molecule has 1 fully saturated rings. The molecule has 1 heterocycles. The lowest BCUT2D eigenvalue weighted by molar-refractivity contribution is -0.130. The maximum absolute atomic E-state index is 11.7. The van der Waals surface area contributed by atoms with Crippen molar-refractivity contribution in [3.63, 3.8) is 0 Å². The van der Waals surface area contributed by atoms with Crippen LogP contribution in [0.25, 0.3) is 0 Å². The number of nitrogens with one attached hydrogen (secondary N) is 1. The molecule has 0 radical (unpaired) electrons. The molecule has 1 rings (SSSR count). The smallest absolute Gasteiger partial charge is 0.407 e. The lowest BCUT2D eigenvalue weighted by Gasteiger charge is -2.21. The normalized spacial score (nSPS) is 17.0. The summed E-state index contributed by atoms with van der Waals surface area (Å²) < 4.78 is 10.4. The van der Waals surface area contributed by atoms with Crippen LogP contribution >= 0.6 is 0 Å². The van der Waals surface area contributed by atoms with E-state index in [1.54, 1.807) is 4.90 Å². The highest BCUT2D eigenvalue weighted by Crippen LogP contribution is 2.06. The zero-order valence-corrected chi connectivity index (χ0v) is 12.0. The predicted octanol–water partition coefficient (Wildman–Crippen LogP) is 1.15. The van der Waals surface area contributed by atoms with E-state index in [1.165, 1.54) is 0 Å². The molecule has 6 nitrogen and oxygen atoms in total. The Balaban J connectivity index is 2.16. The van der Waals surface area contributed by atoms with Gasteiger partial charge in [-0.05, 0) is 27.2 Å². The molecule has 0 unspecified atom stereocenters. The molecule has 1 aliphatic rings. The second kappa shape index (κ2) is 7.33. The number of amides is 2. The van der Waals surface area contributed by atoms with Gasteiger partial charge in [-0.25, -0.2) is 4.79 Å². The quantitative estimate of drug-likeness (QED) is 0.780. The molecule has 0 aromatic rings. The fourth-order valence-corrected chi connectivity index (χ4v) is 1.73. The highest BCUT2D eigenvalue weighted by atomic mass is 16.6. The standard InChI is InChI=1S/C13H24N2O4/c1-13(2,3)19-12(17)14-6-4-7-15-8-10-18-9-5-11(15)16/h4-10H2,1-3H3,(H,14,17). The zero-order chi connectivity index (χ0) is 14.3. The number of carbonyl (C=O) groups is 2. The summed E-state index contributed by atoms with van der Waals surface area (Å²) in [6.45, 7) is 8.33. The van der Waals surface area contributed by atoms with Gasteiger partial charge < -0.3 is 19.7 Å². The van der Waals surface area contributed by atoms with Crippen molar-refractivity contribution in [2.75, 3.05) is 32.8 Å². The number of ether oxygens (including phenoxy) is 2. The summed E-state index contributed by atoms with van der Waals surface area (Å²) in [5, 5.41) is 2.68. The molecule has 2 amide bonds. The van der Waals surface area contributed by atoms with Gasteiger partial charge in [0.15, 0.2) is 0 Å². The Labute approximate surface area is 114 Å². The van der Waals surface area contributed by atoms with Gasteiger partial charge in [-0.2, -0.15) is 0 Å². The Morgan fingerprint density at radius 2 is 2.16 bits per heavy atom. The van der Waals surface area contributed by atoms with Crippen LogP contribution in [0.15, 0.2) is 0 Å². The van der Waals surface area contributed by atoms with Crippen molar-refractivity contribution in [2.45, 2.75) is 39.2 Å². The second-order valence-corrected chi connectivity index (χ2v) is 5.53. The van der Waals surface area contributed by atoms with Gasteiger partial charge in [-0.15, -0.1) is 0 Å². The summed E-state index contributed by atoms with van der Waals surface area (Å²) in [6, 6.07) is 0. The van der Waals surface area contributed by atoms with Gasteiger partial charge in [0.1, 0.15) is 5.60 Å². The summed E-state index contributed by atoms with van der Waals surface area (Å²) in [4.78, 5) is 24.8. The first-order chi connectivity index (χ1) is 8.88. The van der Waals surface area contributed by atoms with Gasteiger partial charge in [0.05, 0.1) is 19.6 Å². The molecule has 0 aromatic heterocycles. The molecule has 1 aliphatic heterocycles. The minimum absolute atomic E-state index is 0.120. The number of hydrogen-bond donors (Lipinski definition) is 1. The fraction of sp³-hybridized carbons (Fsp3) is 0.846. The Bertz CT molecular complexity index is 312. The second-order valence-electron chi connectivity index (χ2n) is 5.53. The average Bonchev–Trinajstić information content (AvgIpc) is 2.47. The molecule has 19 heavy (non-hydrogen) atoms. The first kappa shape index (κ1) is 15.8. The van der Waals surface area contributed by atoms with E-state index >= 15 is 0 Å². The Hall–Kier alpha value is -1.30. The first-order valence-electron chi connectivity index (χ1n) is 6.71. The fourth-order valence-electron chi connectivity index (χ4n) is 1.73. The number of nitrogens with zero attached hydrogens (tertiary/aromatic N) is 1. The summed E-state index contributed by atoms with van der Waals surface area (Å²) in [7, 11) is 0. The number of alkyl carbamates (subject to hydrolysis) is 1. The van der Waals surface area contributed by atoms with Crippen molar-refractivity contribution in [3.8, 4) is 0 Å². The van der Waals surface area contributed by atoms with Gasteiger partial charge in [-0.1, -0.05) is 0 Å². The highest BCUT2D eigenvalue weighted by molar-refractivity contribution is 5.76. The van der Waals surface area contributed by atoms with Crippen molar-refractivity contribution >= 4 is 12.0 Å². The summed E-state index contributed by atoms with van der Waals surface area (Å²) in [5.41, 5.74) is -0.484. The molecule has 0 aromatic carbocycles. The van der Waals surface area contributed by atoms with Gasteiger partial charge in [0, 0.05) is 19.6 Å². The minimum atomic E-state index is -0.484. The van der Waals surface area contributed by atoms with Crippen LogP contribution in [-0.2, 0) is 14.3 Å². The van der Waals surface area contributed by atoms with Crippen molar-refractivity contribution in [1.29, 1.82) is 0 Å². The molecule has 6 heteroatoms. The lowest BCUT2D eigenvalue weighted by Crippen LogP contribution is -2.36. The van der Waals surface area contributed by atoms with Gasteiger partial charge >= 0.3 is 6.09 Å². The molecule has 0 aliphatic carbocycles. The SMILES string of the molecule is CC(C)(C)OC(=O)NCCCN1CCOCCC1=O. The van der Waals surface area contributed by atoms with E-state index in [0.717, 1.165) is 0 Å². The average molecular weight is 272 g/mol. The van der Waals surface area contributed by atoms with E-state index in [9.17, 15) is 9.59 Å². The van der Waals surface area contributed by atoms with Crippen molar-refractivity contribution in [1.82, 2.24) is 10.2 Å². The van der Waals surface area contributed by atoms with Crippen LogP contribution in [0.3, 0.4) is 0 Å². The largest absolute Gasteiger partial charge is 0.444 e. The van der Waals surface area contributed by atoms with Crippen molar-refractivity contribution < 1.29 is 19.1 Å². The van der Waals surface area contributed by atoms with E-state index in [1.807, 2.05) is 20.8 Å². The van der Waals surface area contributed by atoms with Crippen LogP contribution in [0.1, 0.15) is 33.6 Å².